The average Bonchev–Trinajstić information content (AvgIpc) is 2.28. The zero-order valence-corrected chi connectivity index (χ0v) is 10.0. The molecule has 0 aromatic rings. The van der Waals surface area contributed by atoms with Crippen molar-refractivity contribution >= 4 is 17.5 Å². The van der Waals surface area contributed by atoms with E-state index in [-0.39, 0.29) is 11.3 Å². The highest BCUT2D eigenvalue weighted by Crippen LogP contribution is 2.09. The van der Waals surface area contributed by atoms with Crippen LogP contribution < -0.4 is 0 Å². The number of halogens is 1. The van der Waals surface area contributed by atoms with Gasteiger partial charge in [-0.2, -0.15) is 0 Å². The van der Waals surface area contributed by atoms with Crippen molar-refractivity contribution < 1.29 is 4.79 Å². The summed E-state index contributed by atoms with van der Waals surface area (Å²) >= 11 is 5.93. The van der Waals surface area contributed by atoms with Crippen LogP contribution in [0.15, 0.2) is 12.7 Å². The topological polar surface area (TPSA) is 23.6 Å². The number of rotatable bonds is 4. The van der Waals surface area contributed by atoms with Crippen LogP contribution in [-0.2, 0) is 4.79 Å². The summed E-state index contributed by atoms with van der Waals surface area (Å²) in [5.41, 5.74) is 0. The minimum atomic E-state index is -0.351. The summed E-state index contributed by atoms with van der Waals surface area (Å²) < 4.78 is 0. The van der Waals surface area contributed by atoms with Crippen molar-refractivity contribution in [3.63, 3.8) is 0 Å². The van der Waals surface area contributed by atoms with E-state index in [4.69, 9.17) is 11.6 Å². The first kappa shape index (κ1) is 12.5. The van der Waals surface area contributed by atoms with Crippen molar-refractivity contribution in [2.45, 2.75) is 18.7 Å². The maximum Gasteiger partial charge on any atom is 0.240 e. The standard InChI is InChI=1S/C11H19ClN2O/c1-3-5-13-6-8-14(9-7-13)11(15)10(12)4-2/h3,10H,1,4-9H2,2H3/t10-/m1/s1. The Bertz CT molecular complexity index is 225. The number of amides is 1. The fraction of sp³-hybridized carbons (Fsp3) is 0.727. The molecule has 1 fully saturated rings. The van der Waals surface area contributed by atoms with E-state index >= 15 is 0 Å². The summed E-state index contributed by atoms with van der Waals surface area (Å²) in [5.74, 6) is 0.0809. The zero-order valence-electron chi connectivity index (χ0n) is 9.29. The van der Waals surface area contributed by atoms with Gasteiger partial charge >= 0.3 is 0 Å². The summed E-state index contributed by atoms with van der Waals surface area (Å²) in [6.45, 7) is 9.96. The van der Waals surface area contributed by atoms with Crippen LogP contribution in [0.2, 0.25) is 0 Å². The van der Waals surface area contributed by atoms with Crippen LogP contribution in [0, 0.1) is 0 Å². The molecule has 1 amide bonds. The van der Waals surface area contributed by atoms with Gasteiger partial charge in [0.1, 0.15) is 5.38 Å². The highest BCUT2D eigenvalue weighted by atomic mass is 35.5. The van der Waals surface area contributed by atoms with E-state index in [1.165, 1.54) is 0 Å². The van der Waals surface area contributed by atoms with Gasteiger partial charge in [-0.3, -0.25) is 9.69 Å². The largest absolute Gasteiger partial charge is 0.339 e. The predicted octanol–water partition coefficient (Wildman–Crippen LogP) is 1.33. The fourth-order valence-electron chi connectivity index (χ4n) is 1.71. The third-order valence-electron chi connectivity index (χ3n) is 2.70. The van der Waals surface area contributed by atoms with Crippen LogP contribution in [0.1, 0.15) is 13.3 Å². The van der Waals surface area contributed by atoms with Gasteiger partial charge in [0.2, 0.25) is 5.91 Å². The Labute approximate surface area is 96.7 Å². The lowest BCUT2D eigenvalue weighted by Gasteiger charge is -2.34. The molecule has 15 heavy (non-hydrogen) atoms. The quantitative estimate of drug-likeness (QED) is 0.538. The minimum absolute atomic E-state index is 0.0809. The Morgan fingerprint density at radius 1 is 1.47 bits per heavy atom. The summed E-state index contributed by atoms with van der Waals surface area (Å²) in [4.78, 5) is 15.9. The molecule has 4 heteroatoms. The Kier molecular flexibility index (Phi) is 5.12. The highest BCUT2D eigenvalue weighted by molar-refractivity contribution is 6.30. The Balaban J connectivity index is 2.36. The maximum absolute atomic E-state index is 11.7. The van der Waals surface area contributed by atoms with E-state index < -0.39 is 0 Å². The van der Waals surface area contributed by atoms with Crippen molar-refractivity contribution in [1.82, 2.24) is 9.80 Å². The van der Waals surface area contributed by atoms with Crippen LogP contribution in [0.5, 0.6) is 0 Å². The summed E-state index contributed by atoms with van der Waals surface area (Å²) in [6.07, 6.45) is 2.60. The first-order chi connectivity index (χ1) is 7.19. The van der Waals surface area contributed by atoms with E-state index in [0.717, 1.165) is 32.7 Å². The molecule has 0 aliphatic carbocycles. The van der Waals surface area contributed by atoms with Crippen molar-refractivity contribution in [3.05, 3.63) is 12.7 Å². The van der Waals surface area contributed by atoms with Gasteiger partial charge in [-0.25, -0.2) is 0 Å². The van der Waals surface area contributed by atoms with Crippen molar-refractivity contribution in [2.24, 2.45) is 0 Å². The van der Waals surface area contributed by atoms with E-state index in [1.807, 2.05) is 17.9 Å². The molecule has 3 nitrogen and oxygen atoms in total. The first-order valence-corrected chi connectivity index (χ1v) is 5.88. The minimum Gasteiger partial charge on any atom is -0.339 e. The van der Waals surface area contributed by atoms with Crippen LogP contribution in [0.3, 0.4) is 0 Å². The molecule has 0 radical (unpaired) electrons. The van der Waals surface area contributed by atoms with Crippen LogP contribution >= 0.6 is 11.6 Å². The Morgan fingerprint density at radius 2 is 2.07 bits per heavy atom. The van der Waals surface area contributed by atoms with Crippen molar-refractivity contribution in [3.8, 4) is 0 Å². The number of carbonyl (C=O) groups excluding carboxylic acids is 1. The fourth-order valence-corrected chi connectivity index (χ4v) is 1.84. The molecule has 0 aromatic carbocycles. The third kappa shape index (κ3) is 3.50. The SMILES string of the molecule is C=CCN1CCN(C(=O)[C@H](Cl)CC)CC1. The Hall–Kier alpha value is -0.540. The molecule has 1 atom stereocenters. The second kappa shape index (κ2) is 6.13. The molecule has 86 valence electrons. The Morgan fingerprint density at radius 3 is 2.53 bits per heavy atom. The molecular weight excluding hydrogens is 212 g/mol. The molecule has 0 aromatic heterocycles. The van der Waals surface area contributed by atoms with Gasteiger partial charge in [-0.15, -0.1) is 18.2 Å². The molecule has 1 saturated heterocycles. The van der Waals surface area contributed by atoms with Crippen LogP contribution in [0.4, 0.5) is 0 Å². The predicted molar refractivity (Wildman–Crippen MR) is 63.1 cm³/mol. The summed E-state index contributed by atoms with van der Waals surface area (Å²) in [5, 5.41) is -0.351. The number of hydrogen-bond acceptors (Lipinski definition) is 2. The average molecular weight is 231 g/mol. The van der Waals surface area contributed by atoms with Crippen LogP contribution in [-0.4, -0.2) is 53.8 Å². The van der Waals surface area contributed by atoms with E-state index in [2.05, 4.69) is 11.5 Å². The molecule has 0 unspecified atom stereocenters. The second-order valence-corrected chi connectivity index (χ2v) is 4.32. The molecule has 1 aliphatic heterocycles. The van der Waals surface area contributed by atoms with Gasteiger partial charge in [0, 0.05) is 32.7 Å². The molecular formula is C11H19ClN2O. The van der Waals surface area contributed by atoms with Gasteiger partial charge in [0.15, 0.2) is 0 Å². The molecule has 0 saturated carbocycles. The lowest BCUT2D eigenvalue weighted by molar-refractivity contribution is -0.132. The van der Waals surface area contributed by atoms with Gasteiger partial charge in [-0.05, 0) is 6.42 Å². The summed E-state index contributed by atoms with van der Waals surface area (Å²) in [7, 11) is 0. The summed E-state index contributed by atoms with van der Waals surface area (Å²) in [6, 6.07) is 0. The lowest BCUT2D eigenvalue weighted by Crippen LogP contribution is -2.50. The first-order valence-electron chi connectivity index (χ1n) is 5.45. The molecule has 0 spiro atoms. The van der Waals surface area contributed by atoms with Gasteiger partial charge < -0.3 is 4.90 Å². The highest BCUT2D eigenvalue weighted by Gasteiger charge is 2.24. The number of nitrogens with zero attached hydrogens (tertiary/aromatic N) is 2. The zero-order chi connectivity index (χ0) is 11.3. The number of carbonyl (C=O) groups is 1. The smallest absolute Gasteiger partial charge is 0.240 e. The van der Waals surface area contributed by atoms with Gasteiger partial charge in [0.25, 0.3) is 0 Å². The van der Waals surface area contributed by atoms with Crippen LogP contribution in [0.25, 0.3) is 0 Å². The maximum atomic E-state index is 11.7. The monoisotopic (exact) mass is 230 g/mol. The van der Waals surface area contributed by atoms with E-state index in [1.54, 1.807) is 0 Å². The molecule has 0 bridgehead atoms. The van der Waals surface area contributed by atoms with Crippen molar-refractivity contribution in [2.75, 3.05) is 32.7 Å². The van der Waals surface area contributed by atoms with Gasteiger partial charge in [-0.1, -0.05) is 13.0 Å². The molecule has 0 N–H and O–H groups in total. The number of piperazine rings is 1. The number of hydrogen-bond donors (Lipinski definition) is 0. The molecule has 1 heterocycles. The number of alkyl halides is 1. The van der Waals surface area contributed by atoms with Crippen molar-refractivity contribution in [1.29, 1.82) is 0 Å². The van der Waals surface area contributed by atoms with E-state index in [0.29, 0.717) is 6.42 Å². The normalized spacial score (nSPS) is 20.0. The second-order valence-electron chi connectivity index (χ2n) is 3.79. The lowest BCUT2D eigenvalue weighted by atomic mass is 10.2. The molecule has 1 rings (SSSR count). The molecule has 1 aliphatic rings. The van der Waals surface area contributed by atoms with Gasteiger partial charge in [0.05, 0.1) is 0 Å². The van der Waals surface area contributed by atoms with E-state index in [9.17, 15) is 4.79 Å². The third-order valence-corrected chi connectivity index (χ3v) is 3.19.